The highest BCUT2D eigenvalue weighted by molar-refractivity contribution is 7.89. The van der Waals surface area contributed by atoms with E-state index in [2.05, 4.69) is 5.32 Å². The van der Waals surface area contributed by atoms with Gasteiger partial charge in [-0.1, -0.05) is 0 Å². The van der Waals surface area contributed by atoms with Crippen molar-refractivity contribution in [2.75, 3.05) is 45.7 Å². The molecule has 2 saturated heterocycles. The number of amides is 1. The Morgan fingerprint density at radius 2 is 2.18 bits per heavy atom. The minimum atomic E-state index is -3.34. The molecule has 0 aromatic carbocycles. The second-order valence-electron chi connectivity index (χ2n) is 5.89. The number of carbonyl (C=O) groups excluding carboxylic acids is 1. The molecule has 2 unspecified atom stereocenters. The molecule has 128 valence electrons. The van der Waals surface area contributed by atoms with Gasteiger partial charge in [0.1, 0.15) is 0 Å². The Bertz CT molecular complexity index is 462. The summed E-state index contributed by atoms with van der Waals surface area (Å²) in [7, 11) is -1.86. The maximum atomic E-state index is 12.2. The number of ether oxygens (including phenoxy) is 2. The van der Waals surface area contributed by atoms with E-state index in [1.54, 1.807) is 0 Å². The predicted molar refractivity (Wildman–Crippen MR) is 81.9 cm³/mol. The highest BCUT2D eigenvalue weighted by Gasteiger charge is 2.32. The Morgan fingerprint density at radius 1 is 1.36 bits per heavy atom. The predicted octanol–water partition coefficient (Wildman–Crippen LogP) is -0.0302. The van der Waals surface area contributed by atoms with Crippen molar-refractivity contribution in [2.45, 2.75) is 31.8 Å². The molecule has 0 saturated carbocycles. The van der Waals surface area contributed by atoms with Crippen molar-refractivity contribution in [1.82, 2.24) is 9.62 Å². The normalized spacial score (nSPS) is 27.0. The molecule has 2 aliphatic heterocycles. The lowest BCUT2D eigenvalue weighted by Gasteiger charge is -2.31. The zero-order chi connectivity index (χ0) is 16.0. The fourth-order valence-corrected chi connectivity index (χ4v) is 4.34. The summed E-state index contributed by atoms with van der Waals surface area (Å²) in [5.74, 6) is -0.372. The zero-order valence-corrected chi connectivity index (χ0v) is 13.9. The van der Waals surface area contributed by atoms with Crippen LogP contribution in [0.2, 0.25) is 0 Å². The molecular formula is C14H26N2O5S. The van der Waals surface area contributed by atoms with Crippen LogP contribution in [0, 0.1) is 5.92 Å². The summed E-state index contributed by atoms with van der Waals surface area (Å²) in [5.41, 5.74) is 0. The molecule has 2 fully saturated rings. The van der Waals surface area contributed by atoms with Crippen molar-refractivity contribution in [2.24, 2.45) is 5.92 Å². The highest BCUT2D eigenvalue weighted by Crippen LogP contribution is 2.20. The maximum absolute atomic E-state index is 12.2. The Labute approximate surface area is 132 Å². The topological polar surface area (TPSA) is 84.9 Å². The van der Waals surface area contributed by atoms with Crippen molar-refractivity contribution in [3.63, 3.8) is 0 Å². The number of nitrogens with one attached hydrogen (secondary N) is 1. The maximum Gasteiger partial charge on any atom is 0.224 e. The second kappa shape index (κ2) is 8.24. The first-order chi connectivity index (χ1) is 10.5. The van der Waals surface area contributed by atoms with Crippen LogP contribution < -0.4 is 5.32 Å². The molecule has 0 bridgehead atoms. The molecule has 8 heteroatoms. The lowest BCUT2D eigenvalue weighted by atomic mass is 9.99. The highest BCUT2D eigenvalue weighted by atomic mass is 32.2. The summed E-state index contributed by atoms with van der Waals surface area (Å²) < 4.78 is 36.1. The fraction of sp³-hybridized carbons (Fsp3) is 0.929. The van der Waals surface area contributed by atoms with Gasteiger partial charge >= 0.3 is 0 Å². The van der Waals surface area contributed by atoms with Gasteiger partial charge in [-0.2, -0.15) is 0 Å². The molecule has 2 rings (SSSR count). The van der Waals surface area contributed by atoms with Crippen LogP contribution in [-0.4, -0.2) is 70.4 Å². The number of hydrogen-bond donors (Lipinski definition) is 1. The first-order valence-electron chi connectivity index (χ1n) is 7.89. The van der Waals surface area contributed by atoms with Crippen LogP contribution in [0.15, 0.2) is 0 Å². The molecule has 22 heavy (non-hydrogen) atoms. The van der Waals surface area contributed by atoms with E-state index in [1.807, 2.05) is 0 Å². The number of carbonyl (C=O) groups is 1. The van der Waals surface area contributed by atoms with Crippen LogP contribution in [0.3, 0.4) is 0 Å². The van der Waals surface area contributed by atoms with E-state index in [9.17, 15) is 13.2 Å². The largest absolute Gasteiger partial charge is 0.384 e. The Hall–Kier alpha value is -0.700. The van der Waals surface area contributed by atoms with Crippen molar-refractivity contribution in [1.29, 1.82) is 0 Å². The van der Waals surface area contributed by atoms with Gasteiger partial charge in [-0.15, -0.1) is 0 Å². The van der Waals surface area contributed by atoms with Crippen molar-refractivity contribution in [3.8, 4) is 0 Å². The molecule has 0 spiro atoms. The number of rotatable bonds is 7. The third-order valence-corrected chi connectivity index (χ3v) is 6.02. The molecule has 0 aromatic rings. The summed E-state index contributed by atoms with van der Waals surface area (Å²) in [6, 6.07) is 0. The third-order valence-electron chi connectivity index (χ3n) is 4.22. The van der Waals surface area contributed by atoms with Crippen LogP contribution in [0.5, 0.6) is 0 Å². The third kappa shape index (κ3) is 4.91. The number of methoxy groups -OCH3 is 1. The van der Waals surface area contributed by atoms with Crippen molar-refractivity contribution < 1.29 is 22.7 Å². The van der Waals surface area contributed by atoms with E-state index in [-0.39, 0.29) is 36.8 Å². The minimum Gasteiger partial charge on any atom is -0.384 e. The van der Waals surface area contributed by atoms with Gasteiger partial charge in [-0.05, 0) is 25.7 Å². The molecule has 0 aromatic heterocycles. The molecule has 7 nitrogen and oxygen atoms in total. The van der Waals surface area contributed by atoms with E-state index < -0.39 is 10.0 Å². The number of nitrogens with zero attached hydrogens (tertiary/aromatic N) is 1. The van der Waals surface area contributed by atoms with E-state index in [0.717, 1.165) is 25.9 Å². The summed E-state index contributed by atoms with van der Waals surface area (Å²) in [6.07, 6.45) is 3.56. The molecule has 2 heterocycles. The van der Waals surface area contributed by atoms with Gasteiger partial charge in [0.2, 0.25) is 15.9 Å². The summed E-state index contributed by atoms with van der Waals surface area (Å²) >= 11 is 0. The van der Waals surface area contributed by atoms with Gasteiger partial charge in [0.05, 0.1) is 24.4 Å². The Kier molecular flexibility index (Phi) is 6.61. The molecule has 2 aliphatic rings. The molecule has 0 radical (unpaired) electrons. The quantitative estimate of drug-likeness (QED) is 0.707. The lowest BCUT2D eigenvalue weighted by molar-refractivity contribution is -0.126. The Morgan fingerprint density at radius 3 is 2.86 bits per heavy atom. The van der Waals surface area contributed by atoms with Gasteiger partial charge in [-0.25, -0.2) is 12.7 Å². The standard InChI is InChI=1S/C14H26N2O5S/c1-20-8-9-22(18,19)16-6-2-4-12(11-16)14(17)15-10-13-5-3-7-21-13/h12-13H,2-11H2,1H3,(H,15,17). The first-order valence-corrected chi connectivity index (χ1v) is 9.50. The van der Waals surface area contributed by atoms with E-state index in [4.69, 9.17) is 9.47 Å². The average molecular weight is 334 g/mol. The minimum absolute atomic E-state index is 0.0340. The molecular weight excluding hydrogens is 308 g/mol. The van der Waals surface area contributed by atoms with Gasteiger partial charge in [0, 0.05) is 33.4 Å². The van der Waals surface area contributed by atoms with E-state index >= 15 is 0 Å². The van der Waals surface area contributed by atoms with E-state index in [1.165, 1.54) is 11.4 Å². The van der Waals surface area contributed by atoms with Gasteiger partial charge < -0.3 is 14.8 Å². The van der Waals surface area contributed by atoms with E-state index in [0.29, 0.717) is 19.5 Å². The molecule has 0 aliphatic carbocycles. The van der Waals surface area contributed by atoms with Gasteiger partial charge in [0.25, 0.3) is 0 Å². The summed E-state index contributed by atoms with van der Waals surface area (Å²) in [5, 5.41) is 2.90. The van der Waals surface area contributed by atoms with Crippen LogP contribution in [-0.2, 0) is 24.3 Å². The van der Waals surface area contributed by atoms with Crippen LogP contribution in [0.25, 0.3) is 0 Å². The Balaban J connectivity index is 1.82. The molecule has 2 atom stereocenters. The van der Waals surface area contributed by atoms with Gasteiger partial charge in [0.15, 0.2) is 0 Å². The smallest absolute Gasteiger partial charge is 0.224 e. The average Bonchev–Trinajstić information content (AvgIpc) is 3.04. The van der Waals surface area contributed by atoms with Crippen LogP contribution in [0.1, 0.15) is 25.7 Å². The number of sulfonamides is 1. The summed E-state index contributed by atoms with van der Waals surface area (Å²) in [4.78, 5) is 12.2. The first kappa shape index (κ1) is 17.7. The summed E-state index contributed by atoms with van der Waals surface area (Å²) in [6.45, 7) is 2.21. The van der Waals surface area contributed by atoms with Crippen LogP contribution in [0.4, 0.5) is 0 Å². The number of hydrogen-bond acceptors (Lipinski definition) is 5. The van der Waals surface area contributed by atoms with Crippen LogP contribution >= 0.6 is 0 Å². The fourth-order valence-electron chi connectivity index (χ4n) is 2.89. The second-order valence-corrected chi connectivity index (χ2v) is 7.97. The molecule has 1 amide bonds. The van der Waals surface area contributed by atoms with Crippen molar-refractivity contribution >= 4 is 15.9 Å². The van der Waals surface area contributed by atoms with Gasteiger partial charge in [-0.3, -0.25) is 4.79 Å². The lowest BCUT2D eigenvalue weighted by Crippen LogP contribution is -2.47. The molecule has 1 N–H and O–H groups in total. The number of piperidine rings is 1. The SMILES string of the molecule is COCCS(=O)(=O)N1CCCC(C(=O)NCC2CCCO2)C1. The van der Waals surface area contributed by atoms with Crippen molar-refractivity contribution in [3.05, 3.63) is 0 Å². The monoisotopic (exact) mass is 334 g/mol. The zero-order valence-electron chi connectivity index (χ0n) is 13.1.